The van der Waals surface area contributed by atoms with Crippen molar-refractivity contribution in [2.24, 2.45) is 0 Å². The van der Waals surface area contributed by atoms with Crippen LogP contribution in [0.1, 0.15) is 33.0 Å². The van der Waals surface area contributed by atoms with Crippen molar-refractivity contribution in [1.82, 2.24) is 9.97 Å². The molecule has 0 N–H and O–H groups in total. The van der Waals surface area contributed by atoms with E-state index < -0.39 is 0 Å². The Morgan fingerprint density at radius 3 is 2.94 bits per heavy atom. The van der Waals surface area contributed by atoms with E-state index in [9.17, 15) is 0 Å². The molecule has 0 saturated carbocycles. The lowest BCUT2D eigenvalue weighted by Gasteiger charge is -2.38. The zero-order valence-electron chi connectivity index (χ0n) is 11.2. The molecule has 2 atom stereocenters. The molecular weight excluding hydrogens is 266 g/mol. The predicted octanol–water partition coefficient (Wildman–Crippen LogP) is 3.41. The quantitative estimate of drug-likeness (QED) is 0.796. The first-order chi connectivity index (χ1) is 8.61. The zero-order chi connectivity index (χ0) is 13.1. The first-order valence-corrected chi connectivity index (χ1v) is 7.96. The van der Waals surface area contributed by atoms with Crippen LogP contribution >= 0.6 is 23.4 Å². The number of halogens is 1. The van der Waals surface area contributed by atoms with Gasteiger partial charge in [0, 0.05) is 36.1 Å². The van der Waals surface area contributed by atoms with E-state index in [1.807, 2.05) is 17.8 Å². The van der Waals surface area contributed by atoms with Gasteiger partial charge in [0.2, 0.25) is 0 Å². The van der Waals surface area contributed by atoms with Gasteiger partial charge in [-0.2, -0.15) is 11.8 Å². The van der Waals surface area contributed by atoms with Gasteiger partial charge in [-0.3, -0.25) is 0 Å². The second-order valence-electron chi connectivity index (χ2n) is 4.73. The average molecular weight is 286 g/mol. The normalized spacial score (nSPS) is 24.3. The fourth-order valence-corrected chi connectivity index (χ4v) is 3.49. The van der Waals surface area contributed by atoms with Crippen molar-refractivity contribution in [2.75, 3.05) is 17.2 Å². The highest BCUT2D eigenvalue weighted by atomic mass is 35.5. The molecule has 2 heterocycles. The molecule has 0 spiro atoms. The molecule has 2 rings (SSSR count). The summed E-state index contributed by atoms with van der Waals surface area (Å²) in [6, 6.07) is 2.38. The van der Waals surface area contributed by atoms with Crippen LogP contribution in [0.5, 0.6) is 0 Å². The van der Waals surface area contributed by atoms with Crippen molar-refractivity contribution in [3.8, 4) is 0 Å². The third-order valence-electron chi connectivity index (χ3n) is 3.38. The Labute approximate surface area is 118 Å². The van der Waals surface area contributed by atoms with Crippen LogP contribution in [-0.4, -0.2) is 33.6 Å². The van der Waals surface area contributed by atoms with Crippen LogP contribution in [0.15, 0.2) is 6.07 Å². The molecule has 1 aromatic rings. The molecule has 3 nitrogen and oxygen atoms in total. The molecule has 0 amide bonds. The third kappa shape index (κ3) is 3.09. The predicted molar refractivity (Wildman–Crippen MR) is 79.8 cm³/mol. The van der Waals surface area contributed by atoms with Gasteiger partial charge in [0.05, 0.1) is 0 Å². The van der Waals surface area contributed by atoms with Crippen molar-refractivity contribution >= 4 is 29.2 Å². The number of thioether (sulfide) groups is 1. The average Bonchev–Trinajstić information content (AvgIpc) is 2.32. The van der Waals surface area contributed by atoms with Gasteiger partial charge in [0.25, 0.3) is 0 Å². The number of rotatable bonds is 3. The molecule has 0 aliphatic carbocycles. The Hall–Kier alpha value is -0.480. The van der Waals surface area contributed by atoms with E-state index in [1.54, 1.807) is 0 Å². The SMILES string of the molecule is CCCc1nc(Cl)cc(N2CCSC(C)C2C)n1. The van der Waals surface area contributed by atoms with Crippen LogP contribution in [0, 0.1) is 0 Å². The van der Waals surface area contributed by atoms with E-state index in [4.69, 9.17) is 11.6 Å². The van der Waals surface area contributed by atoms with Crippen molar-refractivity contribution in [2.45, 2.75) is 44.9 Å². The topological polar surface area (TPSA) is 29.0 Å². The van der Waals surface area contributed by atoms with Gasteiger partial charge in [-0.15, -0.1) is 0 Å². The summed E-state index contributed by atoms with van der Waals surface area (Å²) in [6.07, 6.45) is 1.93. The highest BCUT2D eigenvalue weighted by Crippen LogP contribution is 2.28. The Bertz CT molecular complexity index is 413. The van der Waals surface area contributed by atoms with Crippen molar-refractivity contribution in [3.63, 3.8) is 0 Å². The molecule has 1 aliphatic rings. The lowest BCUT2D eigenvalue weighted by atomic mass is 10.2. The minimum atomic E-state index is 0.490. The lowest BCUT2D eigenvalue weighted by molar-refractivity contribution is 0.617. The van der Waals surface area contributed by atoms with Crippen LogP contribution in [0.3, 0.4) is 0 Å². The molecule has 5 heteroatoms. The number of aromatic nitrogens is 2. The smallest absolute Gasteiger partial charge is 0.134 e. The molecule has 2 unspecified atom stereocenters. The summed E-state index contributed by atoms with van der Waals surface area (Å²) in [4.78, 5) is 11.3. The second kappa shape index (κ2) is 6.11. The molecule has 100 valence electrons. The van der Waals surface area contributed by atoms with Crippen LogP contribution < -0.4 is 4.90 Å². The Morgan fingerprint density at radius 2 is 2.22 bits per heavy atom. The van der Waals surface area contributed by atoms with Crippen LogP contribution in [-0.2, 0) is 6.42 Å². The fraction of sp³-hybridized carbons (Fsp3) is 0.692. The molecule has 0 aromatic carbocycles. The summed E-state index contributed by atoms with van der Waals surface area (Å²) < 4.78 is 0. The Balaban J connectivity index is 2.26. The number of hydrogen-bond acceptors (Lipinski definition) is 4. The fourth-order valence-electron chi connectivity index (χ4n) is 2.19. The summed E-state index contributed by atoms with van der Waals surface area (Å²) >= 11 is 8.13. The standard InChI is InChI=1S/C13H20ClN3S/c1-4-5-12-15-11(14)8-13(16-12)17-6-7-18-10(3)9(17)2/h8-10H,4-7H2,1-3H3. The van der Waals surface area contributed by atoms with Crippen molar-refractivity contribution in [3.05, 3.63) is 17.0 Å². The van der Waals surface area contributed by atoms with Gasteiger partial charge in [-0.25, -0.2) is 9.97 Å². The van der Waals surface area contributed by atoms with Crippen LogP contribution in [0.2, 0.25) is 5.15 Å². The summed E-state index contributed by atoms with van der Waals surface area (Å²) in [6.45, 7) is 7.70. The Kier molecular flexibility index (Phi) is 4.73. The van der Waals surface area contributed by atoms with E-state index >= 15 is 0 Å². The Morgan fingerprint density at radius 1 is 1.44 bits per heavy atom. The van der Waals surface area contributed by atoms with E-state index in [-0.39, 0.29) is 0 Å². The molecule has 0 bridgehead atoms. The van der Waals surface area contributed by atoms with Crippen molar-refractivity contribution < 1.29 is 0 Å². The molecule has 1 fully saturated rings. The van der Waals surface area contributed by atoms with Gasteiger partial charge in [0.1, 0.15) is 16.8 Å². The number of nitrogens with zero attached hydrogens (tertiary/aromatic N) is 3. The van der Waals surface area contributed by atoms with Gasteiger partial charge in [-0.1, -0.05) is 25.4 Å². The summed E-state index contributed by atoms with van der Waals surface area (Å²) in [5.74, 6) is 2.99. The van der Waals surface area contributed by atoms with E-state index in [0.717, 1.165) is 36.8 Å². The maximum Gasteiger partial charge on any atom is 0.134 e. The van der Waals surface area contributed by atoms with Gasteiger partial charge < -0.3 is 4.90 Å². The maximum atomic E-state index is 6.11. The molecule has 18 heavy (non-hydrogen) atoms. The highest BCUT2D eigenvalue weighted by molar-refractivity contribution is 8.00. The van der Waals surface area contributed by atoms with Gasteiger partial charge >= 0.3 is 0 Å². The van der Waals surface area contributed by atoms with Crippen LogP contribution in [0.4, 0.5) is 5.82 Å². The van der Waals surface area contributed by atoms with E-state index in [0.29, 0.717) is 16.4 Å². The summed E-state index contributed by atoms with van der Waals surface area (Å²) in [5.41, 5.74) is 0. The minimum Gasteiger partial charge on any atom is -0.352 e. The maximum absolute atomic E-state index is 6.11. The molecule has 0 radical (unpaired) electrons. The number of hydrogen-bond donors (Lipinski definition) is 0. The second-order valence-corrected chi connectivity index (χ2v) is 6.60. The highest BCUT2D eigenvalue weighted by Gasteiger charge is 2.26. The molecule has 1 aliphatic heterocycles. The van der Waals surface area contributed by atoms with Crippen LogP contribution in [0.25, 0.3) is 0 Å². The first-order valence-electron chi connectivity index (χ1n) is 6.53. The monoisotopic (exact) mass is 285 g/mol. The summed E-state index contributed by atoms with van der Waals surface area (Å²) in [5, 5.41) is 1.18. The van der Waals surface area contributed by atoms with E-state index in [2.05, 4.69) is 35.6 Å². The number of anilines is 1. The minimum absolute atomic E-state index is 0.490. The van der Waals surface area contributed by atoms with E-state index in [1.165, 1.54) is 0 Å². The largest absolute Gasteiger partial charge is 0.352 e. The molecule has 1 aromatic heterocycles. The zero-order valence-corrected chi connectivity index (χ0v) is 12.8. The third-order valence-corrected chi connectivity index (χ3v) is 4.91. The molecular formula is C13H20ClN3S. The summed E-state index contributed by atoms with van der Waals surface area (Å²) in [7, 11) is 0. The van der Waals surface area contributed by atoms with Gasteiger partial charge in [-0.05, 0) is 13.3 Å². The lowest BCUT2D eigenvalue weighted by Crippen LogP contribution is -2.45. The van der Waals surface area contributed by atoms with Gasteiger partial charge in [0.15, 0.2) is 0 Å². The number of aryl methyl sites for hydroxylation is 1. The van der Waals surface area contributed by atoms with Crippen molar-refractivity contribution in [1.29, 1.82) is 0 Å². The first kappa shape index (κ1) is 13.9. The molecule has 1 saturated heterocycles.